The smallest absolute Gasteiger partial charge is 0.211 e. The fraction of sp³-hybridized carbons (Fsp3) is 0.214. The number of halogens is 2. The maximum Gasteiger partial charge on any atom is 0.211 e. The average molecular weight is 360 g/mol. The molecule has 0 atom stereocenters. The quantitative estimate of drug-likeness (QED) is 0.715. The van der Waals surface area contributed by atoms with Gasteiger partial charge in [-0.25, -0.2) is 0 Å². The number of carbonyl (C=O) groups excluding carboxylic acids is 1. The molecule has 0 N–H and O–H groups in total. The van der Waals surface area contributed by atoms with E-state index in [9.17, 15) is 4.79 Å². The van der Waals surface area contributed by atoms with Crippen LogP contribution in [0.15, 0.2) is 28.1 Å². The first-order chi connectivity index (χ1) is 8.99. The highest BCUT2D eigenvalue weighted by Gasteiger charge is 2.14. The molecule has 1 aromatic carbocycles. The van der Waals surface area contributed by atoms with E-state index in [4.69, 9.17) is 16.3 Å². The number of hydrogen-bond acceptors (Lipinski definition) is 3. The van der Waals surface area contributed by atoms with Gasteiger partial charge in [-0.2, -0.15) is 0 Å². The Morgan fingerprint density at radius 2 is 2.00 bits per heavy atom. The van der Waals surface area contributed by atoms with Crippen molar-refractivity contribution in [1.29, 1.82) is 0 Å². The van der Waals surface area contributed by atoms with Crippen LogP contribution in [-0.4, -0.2) is 12.4 Å². The SMILES string of the molecule is Cc1cc(Cl)cc(C)c1OCC(=O)c1sccc1Br. The minimum atomic E-state index is -0.0318. The molecule has 1 aromatic heterocycles. The first kappa shape index (κ1) is 14.6. The molecule has 0 aliphatic rings. The Morgan fingerprint density at radius 1 is 1.37 bits per heavy atom. The molecule has 19 heavy (non-hydrogen) atoms. The second-order valence-electron chi connectivity index (χ2n) is 4.18. The second-order valence-corrected chi connectivity index (χ2v) is 6.39. The summed E-state index contributed by atoms with van der Waals surface area (Å²) in [6.07, 6.45) is 0. The zero-order valence-corrected chi connectivity index (χ0v) is 13.7. The minimum Gasteiger partial charge on any atom is -0.485 e. The third-order valence-electron chi connectivity index (χ3n) is 2.64. The normalized spacial score (nSPS) is 10.5. The summed E-state index contributed by atoms with van der Waals surface area (Å²) in [6, 6.07) is 5.52. The van der Waals surface area contributed by atoms with Crippen molar-refractivity contribution in [3.63, 3.8) is 0 Å². The molecule has 0 spiro atoms. The van der Waals surface area contributed by atoms with Crippen molar-refractivity contribution >= 4 is 44.7 Å². The van der Waals surface area contributed by atoms with Crippen LogP contribution in [0.25, 0.3) is 0 Å². The third kappa shape index (κ3) is 3.38. The van der Waals surface area contributed by atoms with Crippen molar-refractivity contribution in [2.45, 2.75) is 13.8 Å². The Kier molecular flexibility index (Phi) is 4.66. The van der Waals surface area contributed by atoms with Gasteiger partial charge in [0, 0.05) is 9.50 Å². The molecule has 0 aliphatic heterocycles. The van der Waals surface area contributed by atoms with Crippen LogP contribution in [0.5, 0.6) is 5.75 Å². The van der Waals surface area contributed by atoms with Crippen molar-refractivity contribution in [1.82, 2.24) is 0 Å². The van der Waals surface area contributed by atoms with Crippen molar-refractivity contribution in [2.75, 3.05) is 6.61 Å². The maximum atomic E-state index is 12.0. The van der Waals surface area contributed by atoms with Crippen LogP contribution in [0.1, 0.15) is 20.8 Å². The first-order valence-electron chi connectivity index (χ1n) is 5.64. The van der Waals surface area contributed by atoms with E-state index in [0.29, 0.717) is 9.90 Å². The Hall–Kier alpha value is -0.840. The molecule has 0 saturated heterocycles. The summed E-state index contributed by atoms with van der Waals surface area (Å²) in [7, 11) is 0. The van der Waals surface area contributed by atoms with Gasteiger partial charge in [-0.15, -0.1) is 11.3 Å². The molecule has 0 radical (unpaired) electrons. The van der Waals surface area contributed by atoms with Crippen LogP contribution in [0.2, 0.25) is 5.02 Å². The molecule has 100 valence electrons. The Balaban J connectivity index is 2.12. The van der Waals surface area contributed by atoms with E-state index in [2.05, 4.69) is 15.9 Å². The predicted octanol–water partition coefficient (Wildman–Crippen LogP) is 5.04. The molecule has 0 unspecified atom stereocenters. The van der Waals surface area contributed by atoms with E-state index >= 15 is 0 Å². The summed E-state index contributed by atoms with van der Waals surface area (Å²) in [5, 5.41) is 2.55. The van der Waals surface area contributed by atoms with Crippen LogP contribution in [0.3, 0.4) is 0 Å². The summed E-state index contributed by atoms with van der Waals surface area (Å²) in [5.74, 6) is 0.695. The lowest BCUT2D eigenvalue weighted by Crippen LogP contribution is -2.11. The molecule has 2 aromatic rings. The number of benzene rings is 1. The Morgan fingerprint density at radius 3 is 2.53 bits per heavy atom. The predicted molar refractivity (Wildman–Crippen MR) is 82.8 cm³/mol. The van der Waals surface area contributed by atoms with Crippen LogP contribution in [-0.2, 0) is 0 Å². The number of thiophene rings is 1. The fourth-order valence-corrected chi connectivity index (χ4v) is 3.67. The highest BCUT2D eigenvalue weighted by Crippen LogP contribution is 2.28. The lowest BCUT2D eigenvalue weighted by atomic mass is 10.1. The average Bonchev–Trinajstić information content (AvgIpc) is 2.73. The molecular formula is C14H12BrClO2S. The van der Waals surface area contributed by atoms with Crippen molar-refractivity contribution in [3.8, 4) is 5.75 Å². The highest BCUT2D eigenvalue weighted by molar-refractivity contribution is 9.10. The molecule has 0 fully saturated rings. The van der Waals surface area contributed by atoms with Crippen molar-refractivity contribution in [2.24, 2.45) is 0 Å². The van der Waals surface area contributed by atoms with Crippen molar-refractivity contribution in [3.05, 3.63) is 49.1 Å². The van der Waals surface area contributed by atoms with Gasteiger partial charge in [-0.3, -0.25) is 4.79 Å². The van der Waals surface area contributed by atoms with Gasteiger partial charge in [0.25, 0.3) is 0 Å². The van der Waals surface area contributed by atoms with E-state index in [1.165, 1.54) is 11.3 Å². The Labute approximate surface area is 129 Å². The van der Waals surface area contributed by atoms with Crippen molar-refractivity contribution < 1.29 is 9.53 Å². The lowest BCUT2D eigenvalue weighted by molar-refractivity contribution is 0.0924. The lowest BCUT2D eigenvalue weighted by Gasteiger charge is -2.11. The van der Waals surface area contributed by atoms with E-state index < -0.39 is 0 Å². The van der Waals surface area contributed by atoms with Gasteiger partial charge in [0.15, 0.2) is 6.61 Å². The molecule has 0 bridgehead atoms. The molecule has 2 nitrogen and oxygen atoms in total. The Bertz CT molecular complexity index is 599. The summed E-state index contributed by atoms with van der Waals surface area (Å²) < 4.78 is 6.46. The number of hydrogen-bond donors (Lipinski definition) is 0. The van der Waals surface area contributed by atoms with Gasteiger partial charge in [0.2, 0.25) is 5.78 Å². The molecule has 0 saturated carbocycles. The third-order valence-corrected chi connectivity index (χ3v) is 4.74. The van der Waals surface area contributed by atoms with Gasteiger partial charge in [0.1, 0.15) is 5.75 Å². The molecular weight excluding hydrogens is 348 g/mol. The number of Topliss-reactive ketones (excluding diaryl/α,β-unsaturated/α-hetero) is 1. The monoisotopic (exact) mass is 358 g/mol. The fourth-order valence-electron chi connectivity index (χ4n) is 1.82. The zero-order valence-electron chi connectivity index (χ0n) is 10.5. The topological polar surface area (TPSA) is 26.3 Å². The van der Waals surface area contributed by atoms with E-state index in [-0.39, 0.29) is 12.4 Å². The molecule has 2 rings (SSSR count). The van der Waals surface area contributed by atoms with E-state index in [0.717, 1.165) is 21.3 Å². The maximum absolute atomic E-state index is 12.0. The summed E-state index contributed by atoms with van der Waals surface area (Å²) in [4.78, 5) is 12.7. The summed E-state index contributed by atoms with van der Waals surface area (Å²) >= 11 is 10.7. The minimum absolute atomic E-state index is 0.0302. The molecule has 0 aliphatic carbocycles. The summed E-state index contributed by atoms with van der Waals surface area (Å²) in [5.41, 5.74) is 1.87. The number of carbonyl (C=O) groups is 1. The van der Waals surface area contributed by atoms with Crippen LogP contribution >= 0.6 is 38.9 Å². The van der Waals surface area contributed by atoms with Crippen LogP contribution in [0, 0.1) is 13.8 Å². The molecule has 0 amide bonds. The van der Waals surface area contributed by atoms with Crippen LogP contribution < -0.4 is 4.74 Å². The molecule has 1 heterocycles. The second kappa shape index (κ2) is 6.07. The van der Waals surface area contributed by atoms with E-state index in [1.54, 1.807) is 0 Å². The molecule has 5 heteroatoms. The van der Waals surface area contributed by atoms with Gasteiger partial charge in [-0.1, -0.05) is 11.6 Å². The number of aryl methyl sites for hydroxylation is 2. The number of rotatable bonds is 4. The summed E-state index contributed by atoms with van der Waals surface area (Å²) in [6.45, 7) is 3.86. The van der Waals surface area contributed by atoms with Gasteiger partial charge < -0.3 is 4.74 Å². The van der Waals surface area contributed by atoms with E-state index in [1.807, 2.05) is 37.4 Å². The highest BCUT2D eigenvalue weighted by atomic mass is 79.9. The number of ether oxygens (including phenoxy) is 1. The van der Waals surface area contributed by atoms with Gasteiger partial charge >= 0.3 is 0 Å². The first-order valence-corrected chi connectivity index (χ1v) is 7.70. The standard InChI is InChI=1S/C14H12BrClO2S/c1-8-5-10(16)6-9(2)13(8)18-7-12(17)14-11(15)3-4-19-14/h3-6H,7H2,1-2H3. The zero-order chi connectivity index (χ0) is 14.0. The van der Waals surface area contributed by atoms with Gasteiger partial charge in [-0.05, 0) is 64.5 Å². The number of ketones is 1. The largest absolute Gasteiger partial charge is 0.485 e. The van der Waals surface area contributed by atoms with Gasteiger partial charge in [0.05, 0.1) is 4.88 Å². The van der Waals surface area contributed by atoms with Crippen LogP contribution in [0.4, 0.5) is 0 Å².